The van der Waals surface area contributed by atoms with Crippen LogP contribution >= 0.6 is 15.6 Å². The molecule has 2 unspecified atom stereocenters. The average molecular weight is 1320 g/mol. The Morgan fingerprint density at radius 3 is 1.36 bits per heavy atom. The number of aliphatic hydroxyl groups is 3. The van der Waals surface area contributed by atoms with Crippen molar-refractivity contribution in [2.45, 2.75) is 208 Å². The summed E-state index contributed by atoms with van der Waals surface area (Å²) >= 11 is 0. The molecule has 91 heavy (non-hydrogen) atoms. The van der Waals surface area contributed by atoms with Gasteiger partial charge in [0.25, 0.3) is 15.6 Å². The number of aliphatic hydroxyl groups excluding tert-OH is 3. The number of nitrogens with zero attached hydrogens (tertiary/aromatic N) is 2. The van der Waals surface area contributed by atoms with Gasteiger partial charge in [-0.15, -0.1) is 0 Å². The van der Waals surface area contributed by atoms with Gasteiger partial charge in [-0.2, -0.15) is 0 Å². The number of fused-ring (bicyclic) bond motifs is 10. The number of phosphoric ester groups is 2. The minimum absolute atomic E-state index is 0.0128. The summed E-state index contributed by atoms with van der Waals surface area (Å²) in [5, 5.41) is 30.1. The maximum atomic E-state index is 12.6. The number of quaternary nitrogens is 2. The molecule has 8 saturated carbocycles. The van der Waals surface area contributed by atoms with Crippen LogP contribution in [-0.2, 0) is 46.2 Å². The molecule has 3 N–H and O–H groups in total. The lowest BCUT2D eigenvalue weighted by molar-refractivity contribution is -0.870. The summed E-state index contributed by atoms with van der Waals surface area (Å²) in [7, 11) is 18.7. The Labute approximate surface area is 558 Å². The Morgan fingerprint density at radius 1 is 0.560 bits per heavy atom. The molecule has 8 fully saturated rings. The lowest BCUT2D eigenvalue weighted by Gasteiger charge is -2.64. The minimum Gasteiger partial charge on any atom is -0.756 e. The highest BCUT2D eigenvalue weighted by Gasteiger charge is 2.68. The largest absolute Gasteiger partial charge is 0.756 e. The van der Waals surface area contributed by atoms with Gasteiger partial charge in [0, 0.05) is 47.5 Å². The Morgan fingerprint density at radius 2 is 0.945 bits per heavy atom. The maximum absolute atomic E-state index is 12.6. The molecule has 8 rings (SSSR count). The zero-order valence-electron chi connectivity index (χ0n) is 59.5. The Kier molecular flexibility index (Phi) is 30.4. The van der Waals surface area contributed by atoms with Crippen LogP contribution in [0.2, 0.25) is 0 Å². The number of hydrogen-bond acceptors (Lipinski definition) is 15. The van der Waals surface area contributed by atoms with Crippen molar-refractivity contribution in [2.75, 3.05) is 121 Å². The van der Waals surface area contributed by atoms with Gasteiger partial charge in [0.05, 0.1) is 126 Å². The second-order valence-corrected chi connectivity index (χ2v) is 35.7. The Balaban J connectivity index is 0.000000294. The SMILES string of the molecule is CCC[C@@H](C)[C@H]1CC[C@H]2[C@@H]3[C@H](OCCO)C[C@@H]4C[C@H](C)CC[C@]4(C)[C@H]3C[C@H](OCCO)[C@]12C.CCC[C@@H](C)[C@H]1CC[C@H]2[C@@H]3[C@H](OCCOP(=O)([O-])OCC[N+](C)(C)C)C[C@@H]4C[C@H](O)CC[C@]4(C)[C@H]3C[C@H](OCCOP(=O)([O-])OCC[N+](C)(C)C)[C@]12C.[B][B]B([B])[B]. The molecule has 0 saturated heterocycles. The van der Waals surface area contributed by atoms with Crippen LogP contribution in [0.3, 0.4) is 0 Å². The first-order valence-corrected chi connectivity index (χ1v) is 38.7. The number of likely N-dealkylation sites (N-methyl/N-ethyl adjacent to an activating group) is 2. The normalized spacial score (nSPS) is 39.7. The summed E-state index contributed by atoms with van der Waals surface area (Å²) in [6.07, 6.45) is 19.3. The molecule has 8 aliphatic carbocycles. The van der Waals surface area contributed by atoms with E-state index in [-0.39, 0.29) is 117 Å². The first kappa shape index (κ1) is 80.2. The molecule has 0 aromatic rings. The monoisotopic (exact) mass is 1320 g/mol. The van der Waals surface area contributed by atoms with Crippen LogP contribution in [0.25, 0.3) is 0 Å². The third kappa shape index (κ3) is 20.2. The molecule has 0 bridgehead atoms. The highest BCUT2D eigenvalue weighted by atomic mass is 31.2. The predicted molar refractivity (Wildman–Crippen MR) is 362 cm³/mol. The topological polar surface area (TPSA) is 215 Å². The smallest absolute Gasteiger partial charge is 0.268 e. The first-order valence-electron chi connectivity index (χ1n) is 35.8. The van der Waals surface area contributed by atoms with Crippen molar-refractivity contribution >= 4 is 52.3 Å². The fraction of sp³-hybridized carbons (Fsp3) is 1.00. The van der Waals surface area contributed by atoms with E-state index < -0.39 is 22.0 Å². The molecule has 0 spiro atoms. The lowest BCUT2D eigenvalue weighted by Crippen LogP contribution is -2.63. The Bertz CT molecular complexity index is 2280. The van der Waals surface area contributed by atoms with Crippen LogP contribution in [0.4, 0.5) is 0 Å². The van der Waals surface area contributed by atoms with E-state index in [1.54, 1.807) is 0 Å². The molecule has 24 atom stereocenters. The number of ether oxygens (including phenoxy) is 4. The van der Waals surface area contributed by atoms with E-state index in [9.17, 15) is 34.2 Å². The minimum atomic E-state index is -4.47. The van der Waals surface area contributed by atoms with E-state index in [4.69, 9.17) is 60.3 Å². The third-order valence-corrected chi connectivity index (χ3v) is 27.1. The van der Waals surface area contributed by atoms with Crippen LogP contribution in [0, 0.1) is 98.6 Å². The molecule has 0 aliphatic heterocycles. The van der Waals surface area contributed by atoms with Crippen molar-refractivity contribution in [3.63, 3.8) is 0 Å². The van der Waals surface area contributed by atoms with Gasteiger partial charge < -0.3 is 71.1 Å². The van der Waals surface area contributed by atoms with Crippen LogP contribution in [0.15, 0.2) is 0 Å². The molecule has 24 heteroatoms. The van der Waals surface area contributed by atoms with Gasteiger partial charge in [0.15, 0.2) is 0 Å². The van der Waals surface area contributed by atoms with Crippen molar-refractivity contribution in [3.8, 4) is 0 Å². The predicted octanol–water partition coefficient (Wildman–Crippen LogP) is 8.64. The van der Waals surface area contributed by atoms with E-state index in [2.05, 4.69) is 62.3 Å². The van der Waals surface area contributed by atoms with Crippen LogP contribution < -0.4 is 9.79 Å². The molecule has 519 valence electrons. The van der Waals surface area contributed by atoms with Gasteiger partial charge in [-0.25, -0.2) is 0 Å². The van der Waals surface area contributed by atoms with Gasteiger partial charge >= 0.3 is 0 Å². The lowest BCUT2D eigenvalue weighted by atomic mass is 8.97. The molecule has 0 heterocycles. The summed E-state index contributed by atoms with van der Waals surface area (Å²) in [6.45, 7) is 24.1. The van der Waals surface area contributed by atoms with Crippen molar-refractivity contribution in [1.82, 2.24) is 0 Å². The number of phosphoric acid groups is 2. The van der Waals surface area contributed by atoms with Crippen molar-refractivity contribution in [1.29, 1.82) is 0 Å². The zero-order chi connectivity index (χ0) is 67.5. The van der Waals surface area contributed by atoms with E-state index in [0.717, 1.165) is 70.1 Å². The molecular weight excluding hydrogens is 1190 g/mol. The summed E-state index contributed by atoms with van der Waals surface area (Å²) in [6, 6.07) is 0. The first-order chi connectivity index (χ1) is 42.6. The van der Waals surface area contributed by atoms with Crippen LogP contribution in [0.5, 0.6) is 0 Å². The number of rotatable bonds is 31. The standard InChI is InChI=1S/C38H74N2O11P2.C29H52O4.B5/c1-11-12-28(2)31-13-14-32-36-33(27-35(38(31,32)4)47-22-24-51-53(44,45)49-20-18-40(8,9)10)37(3)16-15-30(41)25-29(37)26-34(36)46-21-23-50-52(42,43)48-19-17-39(5,6)7;1-6-7-20(3)22-8-9-23-27-24(18-26(29(22,23)5)33-15-13-31)28(4)11-10-19(2)16-21(28)17-25(27)32-14-12-30;1-4-5(2)3/h28-36,41H,11-27H2,1-10H3;19-27,30-31H,6-18H2,1-5H3;/t28-,29+,30-,31-,32+,33+,34-,35+,36+,37+,38-;19-,20-,21+,22-,23+,24+,25-,26+,27+,28+,29-;/m11./s1. The van der Waals surface area contributed by atoms with Gasteiger partial charge in [-0.1, -0.05) is 94.4 Å². The molecule has 0 aromatic carbocycles. The second kappa shape index (κ2) is 34.5. The quantitative estimate of drug-likeness (QED) is 0.0256. The fourth-order valence-electron chi connectivity index (χ4n) is 20.6. The third-order valence-electron chi connectivity index (χ3n) is 25.1. The highest BCUT2D eigenvalue weighted by molar-refractivity contribution is 7.60. The van der Waals surface area contributed by atoms with E-state index in [1.807, 2.05) is 42.3 Å². The van der Waals surface area contributed by atoms with Gasteiger partial charge in [-0.3, -0.25) is 9.13 Å². The van der Waals surface area contributed by atoms with Gasteiger partial charge in [0.1, 0.15) is 26.3 Å². The maximum Gasteiger partial charge on any atom is 0.268 e. The molecular formula is C67H126B5N2O15P2. The van der Waals surface area contributed by atoms with Crippen LogP contribution in [-0.4, -0.2) is 213 Å². The van der Waals surface area contributed by atoms with Crippen LogP contribution in [0.1, 0.15) is 178 Å². The fourth-order valence-corrected chi connectivity index (χ4v) is 21.9. The summed E-state index contributed by atoms with van der Waals surface area (Å²) in [5.41, 5.74) is 0.334. The van der Waals surface area contributed by atoms with E-state index in [1.165, 1.54) is 58.4 Å². The molecule has 0 aromatic heterocycles. The summed E-state index contributed by atoms with van der Waals surface area (Å²) in [5.74, 6) is 6.71. The van der Waals surface area contributed by atoms with Crippen molar-refractivity contribution in [2.24, 2.45) is 98.6 Å². The zero-order valence-corrected chi connectivity index (χ0v) is 61.3. The number of hydrogen-bond donors (Lipinski definition) is 3. The molecule has 0 amide bonds. The van der Waals surface area contributed by atoms with Crippen molar-refractivity contribution in [3.05, 3.63) is 0 Å². The van der Waals surface area contributed by atoms with E-state index in [0.29, 0.717) is 93.9 Å². The molecule has 8 aliphatic rings. The van der Waals surface area contributed by atoms with E-state index >= 15 is 0 Å². The highest BCUT2D eigenvalue weighted by Crippen LogP contribution is 2.71. The molecule has 17 nitrogen and oxygen atoms in total. The summed E-state index contributed by atoms with van der Waals surface area (Å²) < 4.78 is 73.6. The van der Waals surface area contributed by atoms with Gasteiger partial charge in [-0.05, 0) is 171 Å². The average Bonchev–Trinajstić information content (AvgIpc) is 1.70. The second-order valence-electron chi connectivity index (χ2n) is 32.9. The van der Waals surface area contributed by atoms with Gasteiger partial charge in [0.2, 0.25) is 0 Å². The van der Waals surface area contributed by atoms with Crippen molar-refractivity contribution < 1.29 is 80.2 Å². The molecule has 7 radical (unpaired) electrons. The Hall–Kier alpha value is 0.185. The summed E-state index contributed by atoms with van der Waals surface area (Å²) in [4.78, 5) is 25.1.